The van der Waals surface area contributed by atoms with Crippen molar-refractivity contribution in [3.05, 3.63) is 29.8 Å². The van der Waals surface area contributed by atoms with Crippen LogP contribution in [0.1, 0.15) is 71.3 Å². The number of nitrogens with zero attached hydrogens (tertiary/aromatic N) is 2. The quantitative estimate of drug-likeness (QED) is 0.293. The van der Waals surface area contributed by atoms with Gasteiger partial charge in [-0.3, -0.25) is 28.8 Å². The van der Waals surface area contributed by atoms with Gasteiger partial charge in [0.2, 0.25) is 29.5 Å². The number of carbonyl (C=O) groups is 6. The summed E-state index contributed by atoms with van der Waals surface area (Å²) < 4.78 is 4.62. The monoisotopic (exact) mass is 748 g/mol. The first-order chi connectivity index (χ1) is 22.7. The second-order valence-corrected chi connectivity index (χ2v) is 15.6. The van der Waals surface area contributed by atoms with E-state index < -0.39 is 82.8 Å². The molecule has 2 fully saturated rings. The van der Waals surface area contributed by atoms with E-state index in [1.54, 1.807) is 0 Å². The average Bonchev–Trinajstić information content (AvgIpc) is 3.65. The van der Waals surface area contributed by atoms with Crippen LogP contribution in [0.5, 0.6) is 0 Å². The van der Waals surface area contributed by atoms with E-state index in [9.17, 15) is 28.8 Å². The minimum Gasteiger partial charge on any atom is -0.469 e. The number of esters is 1. The fraction of sp³-hybridized carbons (Fsp3) is 0.606. The lowest BCUT2D eigenvalue weighted by Crippen LogP contribution is -2.62. The second kappa shape index (κ2) is 15.8. The summed E-state index contributed by atoms with van der Waals surface area (Å²) in [6, 6.07) is 1.83. The zero-order chi connectivity index (χ0) is 35.3. The van der Waals surface area contributed by atoms with Crippen LogP contribution in [0.4, 0.5) is 5.69 Å². The number of nitrogens with one attached hydrogen (secondary N) is 4. The van der Waals surface area contributed by atoms with E-state index in [0.717, 1.165) is 11.3 Å². The standard InChI is InChI=1S/C33H45BrN6O7S/c1-17(2)14-21-28(42)36-22(15-19-18-10-7-8-11-20(18)35-27(19)34)29(43)38-23(16-25(41)47-5)32(46)40-13-9-12-24(40)30(44)39-26(31(45)37-21)33(3,4)48-6/h7-8,10-11,17,19,21-24,26H,9,12-16H2,1-6H3,(H,36,42)(H,37,45)(H,38,43)(H,39,44)/t19?,21-,22+,23+,24-,26-/m0/s1. The van der Waals surface area contributed by atoms with Gasteiger partial charge >= 0.3 is 5.97 Å². The number of fused-ring (bicyclic) bond motifs is 2. The molecule has 4 N–H and O–H groups in total. The summed E-state index contributed by atoms with van der Waals surface area (Å²) in [4.78, 5) is 88.3. The molecule has 5 amide bonds. The fourth-order valence-corrected chi connectivity index (χ4v) is 7.29. The van der Waals surface area contributed by atoms with Crippen LogP contribution >= 0.6 is 27.7 Å². The van der Waals surface area contributed by atoms with E-state index >= 15 is 0 Å². The number of aliphatic imine (C=N–C) groups is 1. The molecule has 2 saturated heterocycles. The Bertz CT molecular complexity index is 1470. The number of benzene rings is 1. The third kappa shape index (κ3) is 8.57. The molecule has 6 atom stereocenters. The lowest BCUT2D eigenvalue weighted by atomic mass is 9.92. The van der Waals surface area contributed by atoms with Crippen molar-refractivity contribution in [2.75, 3.05) is 19.9 Å². The molecule has 3 aliphatic heterocycles. The highest BCUT2D eigenvalue weighted by molar-refractivity contribution is 9.18. The first-order valence-electron chi connectivity index (χ1n) is 16.1. The highest BCUT2D eigenvalue weighted by atomic mass is 79.9. The number of amides is 5. The first kappa shape index (κ1) is 37.4. The maximum atomic E-state index is 14.1. The van der Waals surface area contributed by atoms with Crippen LogP contribution < -0.4 is 21.3 Å². The van der Waals surface area contributed by atoms with Gasteiger partial charge < -0.3 is 30.9 Å². The number of ether oxygens (including phenoxy) is 1. The number of hydrogen-bond acceptors (Lipinski definition) is 9. The number of hydrogen-bond donors (Lipinski definition) is 4. The van der Waals surface area contributed by atoms with E-state index in [2.05, 4.69) is 42.2 Å². The van der Waals surface area contributed by atoms with Crippen molar-refractivity contribution >= 4 is 73.5 Å². The minimum absolute atomic E-state index is 0.0193. The van der Waals surface area contributed by atoms with Crippen molar-refractivity contribution in [3.8, 4) is 0 Å². The van der Waals surface area contributed by atoms with Gasteiger partial charge in [0.15, 0.2) is 0 Å². The number of methoxy groups -OCH3 is 1. The van der Waals surface area contributed by atoms with Crippen molar-refractivity contribution in [2.24, 2.45) is 10.9 Å². The number of para-hydroxylation sites is 1. The molecule has 0 spiro atoms. The topological polar surface area (TPSA) is 175 Å². The molecule has 0 saturated carbocycles. The van der Waals surface area contributed by atoms with Crippen LogP contribution in [0, 0.1) is 5.92 Å². The van der Waals surface area contributed by atoms with Crippen LogP contribution in [0.3, 0.4) is 0 Å². The van der Waals surface area contributed by atoms with E-state index in [1.807, 2.05) is 58.2 Å². The van der Waals surface area contributed by atoms with Gasteiger partial charge in [-0.05, 0) is 79.3 Å². The van der Waals surface area contributed by atoms with E-state index in [-0.39, 0.29) is 25.3 Å². The Morgan fingerprint density at radius 2 is 1.65 bits per heavy atom. The summed E-state index contributed by atoms with van der Waals surface area (Å²) in [6.45, 7) is 7.66. The molecule has 0 bridgehead atoms. The molecule has 0 radical (unpaired) electrons. The molecule has 1 aromatic rings. The van der Waals surface area contributed by atoms with Gasteiger partial charge in [-0.15, -0.1) is 0 Å². The Hall–Kier alpha value is -3.46. The number of rotatable bonds is 8. The zero-order valence-electron chi connectivity index (χ0n) is 28.1. The highest BCUT2D eigenvalue weighted by Gasteiger charge is 2.44. The summed E-state index contributed by atoms with van der Waals surface area (Å²) in [5, 5.41) is 11.3. The second-order valence-electron chi connectivity index (χ2n) is 13.3. The molecule has 1 unspecified atom stereocenters. The maximum absolute atomic E-state index is 14.1. The Kier molecular flexibility index (Phi) is 12.3. The number of halogens is 1. The summed E-state index contributed by atoms with van der Waals surface area (Å²) in [5.41, 5.74) is 1.57. The molecule has 48 heavy (non-hydrogen) atoms. The molecule has 13 nitrogen and oxygen atoms in total. The van der Waals surface area contributed by atoms with Crippen molar-refractivity contribution in [1.82, 2.24) is 26.2 Å². The molecule has 0 aromatic heterocycles. The molecule has 3 aliphatic rings. The van der Waals surface area contributed by atoms with E-state index in [0.29, 0.717) is 17.5 Å². The first-order valence-corrected chi connectivity index (χ1v) is 18.2. The predicted molar refractivity (Wildman–Crippen MR) is 186 cm³/mol. The van der Waals surface area contributed by atoms with Gasteiger partial charge in [0.05, 0.1) is 23.8 Å². The summed E-state index contributed by atoms with van der Waals surface area (Å²) >= 11 is 4.90. The van der Waals surface area contributed by atoms with Gasteiger partial charge in [0.25, 0.3) is 0 Å². The molecule has 1 aromatic carbocycles. The van der Waals surface area contributed by atoms with E-state index in [1.165, 1.54) is 23.8 Å². The molecule has 4 rings (SSSR count). The molecule has 0 aliphatic carbocycles. The average molecular weight is 750 g/mol. The van der Waals surface area contributed by atoms with Crippen molar-refractivity contribution in [1.29, 1.82) is 0 Å². The summed E-state index contributed by atoms with van der Waals surface area (Å²) in [6.07, 6.45) is 2.49. The number of thioether (sulfide) groups is 1. The molecular formula is C33H45BrN6O7S. The van der Waals surface area contributed by atoms with E-state index in [4.69, 9.17) is 4.74 Å². The van der Waals surface area contributed by atoms with Gasteiger partial charge in [-0.2, -0.15) is 11.8 Å². The fourth-order valence-electron chi connectivity index (χ4n) is 6.26. The van der Waals surface area contributed by atoms with Crippen molar-refractivity contribution in [3.63, 3.8) is 0 Å². The Morgan fingerprint density at radius 1 is 1.00 bits per heavy atom. The number of carbonyl (C=O) groups excluding carboxylic acids is 6. The van der Waals surface area contributed by atoms with Crippen molar-refractivity contribution in [2.45, 2.75) is 101 Å². The molecule has 3 heterocycles. The summed E-state index contributed by atoms with van der Waals surface area (Å²) in [5.74, 6) is -4.19. The minimum atomic E-state index is -1.37. The van der Waals surface area contributed by atoms with Crippen LogP contribution in [0.15, 0.2) is 29.3 Å². The van der Waals surface area contributed by atoms with Gasteiger partial charge in [0.1, 0.15) is 30.2 Å². The zero-order valence-corrected chi connectivity index (χ0v) is 30.5. The molecular weight excluding hydrogens is 704 g/mol. The maximum Gasteiger partial charge on any atom is 0.308 e. The van der Waals surface area contributed by atoms with Crippen molar-refractivity contribution < 1.29 is 33.5 Å². The largest absolute Gasteiger partial charge is 0.469 e. The Balaban J connectivity index is 1.79. The van der Waals surface area contributed by atoms with Gasteiger partial charge in [-0.1, -0.05) is 32.0 Å². The van der Waals surface area contributed by atoms with Crippen LogP contribution in [-0.2, 0) is 33.5 Å². The smallest absolute Gasteiger partial charge is 0.308 e. The Labute approximate surface area is 293 Å². The Morgan fingerprint density at radius 3 is 2.31 bits per heavy atom. The predicted octanol–water partition coefficient (Wildman–Crippen LogP) is 2.29. The van der Waals surface area contributed by atoms with Gasteiger partial charge in [-0.25, -0.2) is 4.99 Å². The third-order valence-electron chi connectivity index (χ3n) is 9.09. The highest BCUT2D eigenvalue weighted by Crippen LogP contribution is 2.40. The molecule has 15 heteroatoms. The normalized spacial score (nSPS) is 27.1. The molecule has 262 valence electrons. The lowest BCUT2D eigenvalue weighted by Gasteiger charge is -2.35. The van der Waals surface area contributed by atoms with Crippen LogP contribution in [-0.4, -0.2) is 99.9 Å². The lowest BCUT2D eigenvalue weighted by molar-refractivity contribution is -0.147. The van der Waals surface area contributed by atoms with Crippen LogP contribution in [0.2, 0.25) is 0 Å². The van der Waals surface area contributed by atoms with Crippen LogP contribution in [0.25, 0.3) is 0 Å². The van der Waals surface area contributed by atoms with Gasteiger partial charge in [0, 0.05) is 17.2 Å². The summed E-state index contributed by atoms with van der Waals surface area (Å²) in [7, 11) is 1.18. The SMILES string of the molecule is COC(=O)C[C@H]1NC(=O)[C@@H](CC2C(Br)=Nc3ccccc32)NC(=O)[C@H](CC(C)C)NC(=O)[C@@H](C(C)(C)SC)NC(=O)[C@@H]2CCCN2C1=O. The third-order valence-corrected chi connectivity index (χ3v) is 11.1.